The van der Waals surface area contributed by atoms with Crippen LogP contribution in [-0.4, -0.2) is 3.26 Å². The molecule has 38 heavy (non-hydrogen) atoms. The second-order valence-corrected chi connectivity index (χ2v) is 13.9. The molecular formula is C37H36Hf. The summed E-state index contributed by atoms with van der Waals surface area (Å²) in [4.78, 5) is 0. The molecule has 0 unspecified atom stereocenters. The Kier molecular flexibility index (Phi) is 9.23. The fourth-order valence-corrected chi connectivity index (χ4v) is 4.85. The van der Waals surface area contributed by atoms with Gasteiger partial charge in [-0.3, -0.25) is 0 Å². The molecule has 0 aliphatic heterocycles. The maximum Gasteiger partial charge on any atom is -0.0247 e. The molecule has 0 aliphatic rings. The number of hydrogen-bond acceptors (Lipinski definition) is 0. The van der Waals surface area contributed by atoms with Gasteiger partial charge in [0.2, 0.25) is 0 Å². The number of hydrogen-bond donors (Lipinski definition) is 0. The van der Waals surface area contributed by atoms with Gasteiger partial charge in [-0.15, -0.1) is 57.9 Å². The van der Waals surface area contributed by atoms with E-state index < -0.39 is 0 Å². The summed E-state index contributed by atoms with van der Waals surface area (Å²) in [6.07, 6.45) is 0. The molecule has 0 saturated carbocycles. The summed E-state index contributed by atoms with van der Waals surface area (Å²) in [5, 5.41) is 5.34. The normalized spacial score (nSPS) is 10.5. The van der Waals surface area contributed by atoms with Gasteiger partial charge in [-0.05, 0) is 49.9 Å². The predicted molar refractivity (Wildman–Crippen MR) is 165 cm³/mol. The smallest absolute Gasteiger partial charge is 0.0247 e. The first-order valence-corrected chi connectivity index (χ1v) is 15.0. The molecule has 0 bridgehead atoms. The van der Waals surface area contributed by atoms with E-state index in [1.807, 2.05) is 0 Å². The van der Waals surface area contributed by atoms with Crippen molar-refractivity contribution in [2.75, 3.05) is 0 Å². The number of rotatable bonds is 2. The van der Waals surface area contributed by atoms with Crippen LogP contribution >= 0.6 is 0 Å². The maximum absolute atomic E-state index is 2.27. The first-order chi connectivity index (χ1) is 18.2. The van der Waals surface area contributed by atoms with Gasteiger partial charge in [-0.25, -0.2) is 0 Å². The summed E-state index contributed by atoms with van der Waals surface area (Å²) in [5.74, 6) is 0. The van der Waals surface area contributed by atoms with Crippen LogP contribution in [0.25, 0.3) is 43.8 Å². The molecule has 0 fully saturated rings. The van der Waals surface area contributed by atoms with Crippen molar-refractivity contribution in [2.24, 2.45) is 0 Å². The fraction of sp³-hybridized carbons (Fsp3) is 0.162. The van der Waals surface area contributed by atoms with Gasteiger partial charge >= 0.3 is 41.0 Å². The van der Waals surface area contributed by atoms with E-state index in [0.717, 1.165) is 0 Å². The van der Waals surface area contributed by atoms with E-state index in [9.17, 15) is 0 Å². The van der Waals surface area contributed by atoms with Gasteiger partial charge in [0.1, 0.15) is 0 Å². The largest absolute Gasteiger partial charge is 0.168 e. The predicted octanol–water partition coefficient (Wildman–Crippen LogP) is 10.4. The van der Waals surface area contributed by atoms with Crippen LogP contribution in [-0.2, 0) is 23.9 Å². The van der Waals surface area contributed by atoms with E-state index in [2.05, 4.69) is 151 Å². The van der Waals surface area contributed by atoms with Crippen molar-refractivity contribution in [3.05, 3.63) is 131 Å². The molecule has 0 N–H and O–H groups in total. The number of benzene rings is 4. The second-order valence-electron chi connectivity index (χ2n) is 10.3. The summed E-state index contributed by atoms with van der Waals surface area (Å²) in [5.41, 5.74) is 10.7. The first-order valence-electron chi connectivity index (χ1n) is 13.2. The Hall–Kier alpha value is -3.16. The topological polar surface area (TPSA) is 0 Å². The van der Waals surface area contributed by atoms with Crippen LogP contribution in [0.5, 0.6) is 0 Å². The van der Waals surface area contributed by atoms with Crippen molar-refractivity contribution in [3.8, 4) is 22.3 Å². The molecule has 0 heterocycles. The zero-order chi connectivity index (χ0) is 27.2. The monoisotopic (exact) mass is 660 g/mol. The van der Waals surface area contributed by atoms with E-state index in [0.29, 0.717) is 0 Å². The molecule has 0 amide bonds. The van der Waals surface area contributed by atoms with E-state index in [-0.39, 0.29) is 0 Å². The molecule has 0 spiro atoms. The average molecular weight is 659 g/mol. The van der Waals surface area contributed by atoms with Gasteiger partial charge < -0.3 is 0 Å². The minimum atomic E-state index is 1.27. The first kappa shape index (κ1) is 27.9. The van der Waals surface area contributed by atoms with Gasteiger partial charge in [0, 0.05) is 0 Å². The Morgan fingerprint density at radius 1 is 0.526 bits per heavy atom. The molecule has 6 aromatic rings. The van der Waals surface area contributed by atoms with Crippen molar-refractivity contribution in [1.82, 2.24) is 0 Å². The fourth-order valence-electron chi connectivity index (χ4n) is 4.85. The van der Waals surface area contributed by atoms with E-state index >= 15 is 0 Å². The molecule has 0 radical (unpaired) electrons. The summed E-state index contributed by atoms with van der Waals surface area (Å²) >= 11 is 1.27. The molecule has 1 heteroatoms. The number of fused-ring (bicyclic) bond motifs is 2. The van der Waals surface area contributed by atoms with Crippen LogP contribution in [0.4, 0.5) is 0 Å². The third-order valence-electron chi connectivity index (χ3n) is 6.72. The van der Waals surface area contributed by atoms with Crippen LogP contribution in [0.15, 0.2) is 109 Å². The van der Waals surface area contributed by atoms with Crippen LogP contribution < -0.4 is 0 Å². The molecule has 6 aromatic carbocycles. The zero-order valence-electron chi connectivity index (χ0n) is 23.4. The SMILES string of the molecule is C[C](C)=[Hf+2].Cc1ccc(C)c(-c2cccc3[cH-]ccc23)c1.Cc1ccc(C)c(-c2cccc3[cH-]ccc23)c1. The van der Waals surface area contributed by atoms with Crippen LogP contribution in [0.1, 0.15) is 36.1 Å². The Morgan fingerprint density at radius 3 is 1.32 bits per heavy atom. The van der Waals surface area contributed by atoms with Crippen molar-refractivity contribution in [1.29, 1.82) is 0 Å². The summed E-state index contributed by atoms with van der Waals surface area (Å²) in [6.45, 7) is 12.9. The Balaban J connectivity index is 0.000000156. The minimum Gasteiger partial charge on any atom is -0.168 e. The molecule has 0 atom stereocenters. The average Bonchev–Trinajstić information content (AvgIpc) is 3.56. The Labute approximate surface area is 242 Å². The standard InChI is InChI=1S/2C17H15.C3H6.Hf/c2*1-12-9-10-13(2)17(11-12)16-8-4-6-14-5-3-7-15(14)16;1-3-2;/h2*3-11H,1-2H3;1-2H3;/q2*-1;;+2. The Morgan fingerprint density at radius 2 is 0.921 bits per heavy atom. The van der Waals surface area contributed by atoms with Crippen molar-refractivity contribution in [2.45, 2.75) is 41.5 Å². The third kappa shape index (κ3) is 6.63. The maximum atomic E-state index is 2.27. The quantitative estimate of drug-likeness (QED) is 0.128. The molecule has 0 aromatic heterocycles. The van der Waals surface area contributed by atoms with Crippen molar-refractivity contribution in [3.63, 3.8) is 0 Å². The van der Waals surface area contributed by atoms with E-state index in [1.54, 1.807) is 3.26 Å². The molecular weight excluding hydrogens is 623 g/mol. The molecule has 0 aliphatic carbocycles. The molecule has 0 saturated heterocycles. The van der Waals surface area contributed by atoms with Crippen molar-refractivity contribution < 1.29 is 23.9 Å². The van der Waals surface area contributed by atoms with Gasteiger partial charge in [0.15, 0.2) is 0 Å². The summed E-state index contributed by atoms with van der Waals surface area (Å²) in [6, 6.07) is 39.3. The van der Waals surface area contributed by atoms with Crippen LogP contribution in [0, 0.1) is 27.7 Å². The molecule has 0 nitrogen and oxygen atoms in total. The van der Waals surface area contributed by atoms with Gasteiger partial charge in [0.05, 0.1) is 0 Å². The molecule has 188 valence electrons. The van der Waals surface area contributed by atoms with Gasteiger partial charge in [-0.2, -0.15) is 24.3 Å². The van der Waals surface area contributed by atoms with E-state index in [4.69, 9.17) is 0 Å². The van der Waals surface area contributed by atoms with Crippen molar-refractivity contribution >= 4 is 24.8 Å². The number of aryl methyl sites for hydroxylation is 4. The Bertz CT molecular complexity index is 1560. The summed E-state index contributed by atoms with van der Waals surface area (Å²) < 4.78 is 1.56. The molecule has 6 rings (SSSR count). The minimum absolute atomic E-state index is 1.27. The van der Waals surface area contributed by atoms with Gasteiger partial charge in [-0.1, -0.05) is 70.8 Å². The second kappa shape index (κ2) is 12.6. The zero-order valence-corrected chi connectivity index (χ0v) is 27.0. The third-order valence-corrected chi connectivity index (χ3v) is 6.72. The van der Waals surface area contributed by atoms with E-state index in [1.165, 1.54) is 89.9 Å². The summed E-state index contributed by atoms with van der Waals surface area (Å²) in [7, 11) is 0. The van der Waals surface area contributed by atoms with Crippen LogP contribution in [0.2, 0.25) is 0 Å². The van der Waals surface area contributed by atoms with Gasteiger partial charge in [0.25, 0.3) is 0 Å². The van der Waals surface area contributed by atoms with Crippen LogP contribution in [0.3, 0.4) is 0 Å².